The number of carbonyl (C=O) groups excluding carboxylic acids is 2. The molecule has 0 aromatic carbocycles. The third-order valence-electron chi connectivity index (χ3n) is 1.62. The first-order valence-corrected chi connectivity index (χ1v) is 4.54. The van der Waals surface area contributed by atoms with Crippen LogP contribution in [0.25, 0.3) is 0 Å². The van der Waals surface area contributed by atoms with Crippen LogP contribution >= 0.6 is 0 Å². The van der Waals surface area contributed by atoms with Gasteiger partial charge in [-0.25, -0.2) is 4.79 Å². The maximum Gasteiger partial charge on any atom is 0.409 e. The Morgan fingerprint density at radius 2 is 2.23 bits per heavy atom. The van der Waals surface area contributed by atoms with Crippen molar-refractivity contribution >= 4 is 12.4 Å². The van der Waals surface area contributed by atoms with Crippen LogP contribution in [0, 0.1) is 0 Å². The Labute approximate surface area is 78.9 Å². The van der Waals surface area contributed by atoms with Gasteiger partial charge in [0.2, 0.25) is 0 Å². The fourth-order valence-electron chi connectivity index (χ4n) is 0.752. The van der Waals surface area contributed by atoms with Crippen LogP contribution in [0.2, 0.25) is 0 Å². The molecule has 4 nitrogen and oxygen atoms in total. The summed E-state index contributed by atoms with van der Waals surface area (Å²) in [4.78, 5) is 22.5. The number of carbonyl (C=O) groups is 2. The molecular weight excluding hydrogens is 170 g/mol. The average Bonchev–Trinajstić information content (AvgIpc) is 2.14. The van der Waals surface area contributed by atoms with E-state index < -0.39 is 0 Å². The molecule has 0 atom stereocenters. The number of nitrogens with zero attached hydrogens (tertiary/aromatic N) is 1. The van der Waals surface area contributed by atoms with E-state index in [2.05, 4.69) is 0 Å². The molecule has 0 aliphatic rings. The first-order valence-electron chi connectivity index (χ1n) is 4.54. The molecule has 0 aliphatic heterocycles. The van der Waals surface area contributed by atoms with Crippen LogP contribution in [0.4, 0.5) is 4.79 Å². The lowest BCUT2D eigenvalue weighted by molar-refractivity contribution is -0.108. The number of ether oxygens (including phenoxy) is 1. The monoisotopic (exact) mass is 187 g/mol. The smallest absolute Gasteiger partial charge is 0.409 e. The Hall–Kier alpha value is -1.06. The third kappa shape index (κ3) is 6.13. The molecule has 0 fully saturated rings. The van der Waals surface area contributed by atoms with Crippen molar-refractivity contribution in [2.75, 3.05) is 20.2 Å². The molecule has 0 unspecified atom stereocenters. The summed E-state index contributed by atoms with van der Waals surface area (Å²) >= 11 is 0. The summed E-state index contributed by atoms with van der Waals surface area (Å²) in [5.41, 5.74) is 0. The highest BCUT2D eigenvalue weighted by atomic mass is 16.6. The largest absolute Gasteiger partial charge is 0.449 e. The zero-order valence-corrected chi connectivity index (χ0v) is 8.28. The minimum atomic E-state index is -0.352. The van der Waals surface area contributed by atoms with Crippen LogP contribution < -0.4 is 0 Å². The van der Waals surface area contributed by atoms with Crippen LogP contribution in [0.3, 0.4) is 0 Å². The second-order valence-corrected chi connectivity index (χ2v) is 2.84. The number of hydrogen-bond acceptors (Lipinski definition) is 3. The molecule has 4 heteroatoms. The van der Waals surface area contributed by atoms with Gasteiger partial charge >= 0.3 is 6.09 Å². The maximum atomic E-state index is 11.1. The fraction of sp³-hybridized carbons (Fsp3) is 0.778. The van der Waals surface area contributed by atoms with E-state index in [0.29, 0.717) is 19.6 Å². The highest BCUT2D eigenvalue weighted by molar-refractivity contribution is 5.67. The van der Waals surface area contributed by atoms with E-state index in [9.17, 15) is 9.59 Å². The lowest BCUT2D eigenvalue weighted by Gasteiger charge is -2.15. The molecule has 1 amide bonds. The molecule has 76 valence electrons. The quantitative estimate of drug-likeness (QED) is 0.467. The zero-order chi connectivity index (χ0) is 10.1. The van der Waals surface area contributed by atoms with Gasteiger partial charge in [-0.15, -0.1) is 0 Å². The predicted octanol–water partition coefficient (Wildman–Crippen LogP) is 1.44. The minimum absolute atomic E-state index is 0.352. The van der Waals surface area contributed by atoms with Crippen LogP contribution in [0.1, 0.15) is 26.2 Å². The van der Waals surface area contributed by atoms with Gasteiger partial charge in [-0.3, -0.25) is 0 Å². The Balaban J connectivity index is 3.50. The second kappa shape index (κ2) is 7.58. The molecule has 0 saturated heterocycles. The Morgan fingerprint density at radius 3 is 2.77 bits per heavy atom. The molecule has 0 radical (unpaired) electrons. The molecule has 0 aromatic heterocycles. The van der Waals surface area contributed by atoms with Crippen molar-refractivity contribution in [1.29, 1.82) is 0 Å². The van der Waals surface area contributed by atoms with Crippen molar-refractivity contribution in [3.63, 3.8) is 0 Å². The van der Waals surface area contributed by atoms with Gasteiger partial charge in [-0.05, 0) is 6.42 Å². The molecular formula is C9H17NO3. The van der Waals surface area contributed by atoms with E-state index in [4.69, 9.17) is 4.74 Å². The van der Waals surface area contributed by atoms with Gasteiger partial charge in [0, 0.05) is 20.0 Å². The van der Waals surface area contributed by atoms with Crippen molar-refractivity contribution in [2.24, 2.45) is 0 Å². The number of unbranched alkanes of at least 4 members (excludes halogenated alkanes) is 1. The standard InChI is InChI=1S/C9H17NO3/c1-3-4-8-13-9(12)10(2)6-5-7-11/h7H,3-6,8H2,1-2H3. The van der Waals surface area contributed by atoms with E-state index in [1.54, 1.807) is 7.05 Å². The maximum absolute atomic E-state index is 11.1. The van der Waals surface area contributed by atoms with Crippen molar-refractivity contribution in [1.82, 2.24) is 4.90 Å². The molecule has 0 bridgehead atoms. The number of aldehydes is 1. The molecule has 0 heterocycles. The molecule has 13 heavy (non-hydrogen) atoms. The van der Waals surface area contributed by atoms with E-state index in [1.165, 1.54) is 4.90 Å². The topological polar surface area (TPSA) is 46.6 Å². The number of rotatable bonds is 6. The number of hydrogen-bond donors (Lipinski definition) is 0. The first kappa shape index (κ1) is 11.9. The third-order valence-corrected chi connectivity index (χ3v) is 1.62. The first-order chi connectivity index (χ1) is 6.22. The molecule has 0 aliphatic carbocycles. The Bertz CT molecular complexity index is 159. The van der Waals surface area contributed by atoms with E-state index in [-0.39, 0.29) is 6.09 Å². The Kier molecular flexibility index (Phi) is 6.96. The van der Waals surface area contributed by atoms with Gasteiger partial charge in [0.15, 0.2) is 0 Å². The lowest BCUT2D eigenvalue weighted by Crippen LogP contribution is -2.28. The average molecular weight is 187 g/mol. The molecule has 0 spiro atoms. The second-order valence-electron chi connectivity index (χ2n) is 2.84. The molecule has 0 N–H and O–H groups in total. The van der Waals surface area contributed by atoms with E-state index >= 15 is 0 Å². The summed E-state index contributed by atoms with van der Waals surface area (Å²) in [7, 11) is 1.62. The minimum Gasteiger partial charge on any atom is -0.449 e. The van der Waals surface area contributed by atoms with Gasteiger partial charge in [0.1, 0.15) is 6.29 Å². The van der Waals surface area contributed by atoms with Crippen molar-refractivity contribution in [3.8, 4) is 0 Å². The molecule has 0 saturated carbocycles. The molecule has 0 rings (SSSR count). The summed E-state index contributed by atoms with van der Waals surface area (Å²) < 4.78 is 4.91. The van der Waals surface area contributed by atoms with Gasteiger partial charge in [-0.1, -0.05) is 13.3 Å². The lowest BCUT2D eigenvalue weighted by atomic mass is 10.4. The number of amides is 1. The summed E-state index contributed by atoms with van der Waals surface area (Å²) in [5.74, 6) is 0. The zero-order valence-electron chi connectivity index (χ0n) is 8.28. The highest BCUT2D eigenvalue weighted by Gasteiger charge is 2.07. The van der Waals surface area contributed by atoms with Crippen LogP contribution in [0.15, 0.2) is 0 Å². The van der Waals surface area contributed by atoms with Crippen molar-refractivity contribution in [3.05, 3.63) is 0 Å². The normalized spacial score (nSPS) is 9.38. The van der Waals surface area contributed by atoms with Gasteiger partial charge in [-0.2, -0.15) is 0 Å². The molecule has 0 aromatic rings. The van der Waals surface area contributed by atoms with Crippen LogP contribution in [-0.4, -0.2) is 37.5 Å². The Morgan fingerprint density at radius 1 is 1.54 bits per heavy atom. The van der Waals surface area contributed by atoms with Crippen LogP contribution in [-0.2, 0) is 9.53 Å². The summed E-state index contributed by atoms with van der Waals surface area (Å²) in [6.07, 6.45) is 2.68. The van der Waals surface area contributed by atoms with E-state index in [1.807, 2.05) is 6.92 Å². The van der Waals surface area contributed by atoms with Gasteiger partial charge in [0.05, 0.1) is 6.61 Å². The fourth-order valence-corrected chi connectivity index (χ4v) is 0.752. The summed E-state index contributed by atoms with van der Waals surface area (Å²) in [6, 6.07) is 0. The van der Waals surface area contributed by atoms with Gasteiger partial charge < -0.3 is 14.4 Å². The van der Waals surface area contributed by atoms with Crippen LogP contribution in [0.5, 0.6) is 0 Å². The predicted molar refractivity (Wildman–Crippen MR) is 49.6 cm³/mol. The summed E-state index contributed by atoms with van der Waals surface area (Å²) in [6.45, 7) is 2.92. The van der Waals surface area contributed by atoms with Crippen molar-refractivity contribution < 1.29 is 14.3 Å². The van der Waals surface area contributed by atoms with E-state index in [0.717, 1.165) is 19.1 Å². The SMILES string of the molecule is CCCCOC(=O)N(C)CCC=O. The summed E-state index contributed by atoms with van der Waals surface area (Å²) in [5, 5.41) is 0. The van der Waals surface area contributed by atoms with Gasteiger partial charge in [0.25, 0.3) is 0 Å². The van der Waals surface area contributed by atoms with Crippen molar-refractivity contribution in [2.45, 2.75) is 26.2 Å². The highest BCUT2D eigenvalue weighted by Crippen LogP contribution is 1.94.